The highest BCUT2D eigenvalue weighted by atomic mass is 19.1. The molecule has 1 fully saturated rings. The normalized spacial score (nSPS) is 14.2. The topological polar surface area (TPSA) is 58.6 Å². The van der Waals surface area contributed by atoms with Crippen molar-refractivity contribution in [2.75, 3.05) is 38.2 Å². The summed E-state index contributed by atoms with van der Waals surface area (Å²) in [5.74, 6) is 0.564. The third kappa shape index (κ3) is 4.35. The third-order valence-corrected chi connectivity index (χ3v) is 5.59. The number of pyridine rings is 2. The van der Waals surface area contributed by atoms with Crippen LogP contribution in [0.15, 0.2) is 48.9 Å². The van der Waals surface area contributed by atoms with Gasteiger partial charge in [0.05, 0.1) is 30.7 Å². The van der Waals surface area contributed by atoms with Gasteiger partial charge in [0, 0.05) is 44.2 Å². The molecule has 30 heavy (non-hydrogen) atoms. The lowest BCUT2D eigenvalue weighted by atomic mass is 10.0. The molecule has 0 N–H and O–H groups in total. The quantitative estimate of drug-likeness (QED) is 0.625. The number of benzene rings is 1. The Bertz CT molecular complexity index is 1030. The van der Waals surface area contributed by atoms with Gasteiger partial charge >= 0.3 is 0 Å². The van der Waals surface area contributed by atoms with Gasteiger partial charge < -0.3 is 14.5 Å². The number of anilines is 1. The summed E-state index contributed by atoms with van der Waals surface area (Å²) in [6.07, 6.45) is 6.61. The fourth-order valence-corrected chi connectivity index (χ4v) is 3.93. The standard InChI is InChI=1S/C23H25FN4O2/c1-30-18-14-19-17(4-2-6-21(19)26-15-18)5-3-7-23(29)28-12-10-27(11-13-28)22-8-9-25-16-20(22)24/h2,4,6,8-9,14-16H,3,5,7,10-13H2,1H3. The Labute approximate surface area is 175 Å². The molecule has 1 saturated heterocycles. The number of carbonyl (C=O) groups is 1. The van der Waals surface area contributed by atoms with Crippen LogP contribution in [-0.2, 0) is 11.2 Å². The molecule has 1 amide bonds. The molecule has 0 atom stereocenters. The van der Waals surface area contributed by atoms with E-state index >= 15 is 0 Å². The van der Waals surface area contributed by atoms with Crippen LogP contribution in [0.1, 0.15) is 18.4 Å². The number of piperazine rings is 1. The van der Waals surface area contributed by atoms with E-state index < -0.39 is 0 Å². The summed E-state index contributed by atoms with van der Waals surface area (Å²) in [4.78, 5) is 24.7. The van der Waals surface area contributed by atoms with Gasteiger partial charge in [-0.25, -0.2) is 4.39 Å². The maximum Gasteiger partial charge on any atom is 0.222 e. The Balaban J connectivity index is 1.31. The molecule has 156 valence electrons. The molecule has 2 aromatic heterocycles. The predicted octanol–water partition coefficient (Wildman–Crippen LogP) is 3.45. The van der Waals surface area contributed by atoms with Gasteiger partial charge in [-0.3, -0.25) is 14.8 Å². The number of fused-ring (bicyclic) bond motifs is 1. The Morgan fingerprint density at radius 1 is 1.17 bits per heavy atom. The average Bonchev–Trinajstić information content (AvgIpc) is 2.79. The number of nitrogens with zero attached hydrogens (tertiary/aromatic N) is 4. The van der Waals surface area contributed by atoms with Crippen LogP contribution >= 0.6 is 0 Å². The Kier molecular flexibility index (Phi) is 6.07. The van der Waals surface area contributed by atoms with Crippen molar-refractivity contribution < 1.29 is 13.9 Å². The molecule has 3 aromatic rings. The lowest BCUT2D eigenvalue weighted by Crippen LogP contribution is -2.49. The molecule has 1 aliphatic rings. The van der Waals surface area contributed by atoms with E-state index in [0.29, 0.717) is 38.3 Å². The highest BCUT2D eigenvalue weighted by Crippen LogP contribution is 2.24. The summed E-state index contributed by atoms with van der Waals surface area (Å²) in [6, 6.07) is 9.73. The van der Waals surface area contributed by atoms with Crippen LogP contribution in [0.3, 0.4) is 0 Å². The van der Waals surface area contributed by atoms with Crippen molar-refractivity contribution in [3.8, 4) is 5.75 Å². The maximum atomic E-state index is 13.9. The molecule has 6 nitrogen and oxygen atoms in total. The van der Waals surface area contributed by atoms with E-state index in [1.807, 2.05) is 28.0 Å². The van der Waals surface area contributed by atoms with Crippen LogP contribution in [0.5, 0.6) is 5.75 Å². The largest absolute Gasteiger partial charge is 0.495 e. The van der Waals surface area contributed by atoms with Crippen molar-refractivity contribution in [2.45, 2.75) is 19.3 Å². The Morgan fingerprint density at radius 2 is 2.00 bits per heavy atom. The first-order valence-corrected chi connectivity index (χ1v) is 10.2. The van der Waals surface area contributed by atoms with Gasteiger partial charge in [0.1, 0.15) is 5.75 Å². The second-order valence-electron chi connectivity index (χ2n) is 7.41. The molecule has 3 heterocycles. The zero-order valence-corrected chi connectivity index (χ0v) is 17.1. The van der Waals surface area contributed by atoms with E-state index in [-0.39, 0.29) is 11.7 Å². The van der Waals surface area contributed by atoms with E-state index in [0.717, 1.165) is 29.5 Å². The summed E-state index contributed by atoms with van der Waals surface area (Å²) >= 11 is 0. The number of aryl methyl sites for hydroxylation is 1. The van der Waals surface area contributed by atoms with Gasteiger partial charge in [-0.05, 0) is 36.6 Å². The summed E-state index contributed by atoms with van der Waals surface area (Å²) in [5.41, 5.74) is 2.65. The first-order chi connectivity index (χ1) is 14.7. The van der Waals surface area contributed by atoms with Crippen LogP contribution < -0.4 is 9.64 Å². The van der Waals surface area contributed by atoms with Crippen molar-refractivity contribution in [1.29, 1.82) is 0 Å². The van der Waals surface area contributed by atoms with Crippen molar-refractivity contribution in [1.82, 2.24) is 14.9 Å². The van der Waals surface area contributed by atoms with E-state index in [9.17, 15) is 9.18 Å². The first-order valence-electron chi connectivity index (χ1n) is 10.2. The number of methoxy groups -OCH3 is 1. The van der Waals surface area contributed by atoms with Crippen LogP contribution in [0, 0.1) is 5.82 Å². The fraction of sp³-hybridized carbons (Fsp3) is 0.348. The SMILES string of the molecule is COc1cnc2cccc(CCCC(=O)N3CCN(c4ccncc4F)CC3)c2c1. The van der Waals surface area contributed by atoms with Crippen LogP contribution in [0.25, 0.3) is 10.9 Å². The number of aromatic nitrogens is 2. The number of rotatable bonds is 6. The van der Waals surface area contributed by atoms with Gasteiger partial charge in [-0.1, -0.05) is 12.1 Å². The second kappa shape index (κ2) is 9.07. The van der Waals surface area contributed by atoms with Crippen molar-refractivity contribution in [2.24, 2.45) is 0 Å². The number of hydrogen-bond acceptors (Lipinski definition) is 5. The van der Waals surface area contributed by atoms with Crippen molar-refractivity contribution in [3.05, 3.63) is 60.3 Å². The van der Waals surface area contributed by atoms with E-state index in [2.05, 4.69) is 16.0 Å². The predicted molar refractivity (Wildman–Crippen MR) is 114 cm³/mol. The molecular weight excluding hydrogens is 383 g/mol. The molecule has 0 spiro atoms. The molecule has 4 rings (SSSR count). The molecular formula is C23H25FN4O2. The summed E-state index contributed by atoms with van der Waals surface area (Å²) < 4.78 is 19.2. The van der Waals surface area contributed by atoms with Crippen LogP contribution in [0.2, 0.25) is 0 Å². The number of ether oxygens (including phenoxy) is 1. The Hall–Kier alpha value is -3.22. The smallest absolute Gasteiger partial charge is 0.222 e. The van der Waals surface area contributed by atoms with Crippen molar-refractivity contribution >= 4 is 22.5 Å². The minimum atomic E-state index is -0.321. The first kappa shape index (κ1) is 20.1. The Morgan fingerprint density at radius 3 is 2.77 bits per heavy atom. The molecule has 0 saturated carbocycles. The van der Waals surface area contributed by atoms with Crippen molar-refractivity contribution in [3.63, 3.8) is 0 Å². The van der Waals surface area contributed by atoms with Gasteiger partial charge in [0.2, 0.25) is 5.91 Å². The minimum Gasteiger partial charge on any atom is -0.495 e. The van der Waals surface area contributed by atoms with Crippen LogP contribution in [0.4, 0.5) is 10.1 Å². The molecule has 1 aromatic carbocycles. The monoisotopic (exact) mass is 408 g/mol. The van der Waals surface area contributed by atoms with Gasteiger partial charge in [0.15, 0.2) is 5.82 Å². The molecule has 1 aliphatic heterocycles. The van der Waals surface area contributed by atoms with Gasteiger partial charge in [-0.2, -0.15) is 0 Å². The fourth-order valence-electron chi connectivity index (χ4n) is 3.93. The maximum absolute atomic E-state index is 13.9. The lowest BCUT2D eigenvalue weighted by Gasteiger charge is -2.36. The molecule has 7 heteroatoms. The summed E-state index contributed by atoms with van der Waals surface area (Å²) in [5, 5.41) is 1.07. The molecule has 0 aliphatic carbocycles. The molecule has 0 unspecified atom stereocenters. The number of halogens is 1. The van der Waals surface area contributed by atoms with Gasteiger partial charge in [0.25, 0.3) is 0 Å². The highest BCUT2D eigenvalue weighted by molar-refractivity contribution is 5.83. The number of carbonyl (C=O) groups excluding carboxylic acids is 1. The number of hydrogen-bond donors (Lipinski definition) is 0. The van der Waals surface area contributed by atoms with E-state index in [4.69, 9.17) is 4.74 Å². The van der Waals surface area contributed by atoms with E-state index in [1.54, 1.807) is 25.6 Å². The van der Waals surface area contributed by atoms with Crippen LogP contribution in [-0.4, -0.2) is 54.1 Å². The van der Waals surface area contributed by atoms with E-state index in [1.165, 1.54) is 11.8 Å². The number of amides is 1. The summed E-state index contributed by atoms with van der Waals surface area (Å²) in [7, 11) is 1.63. The molecule has 0 radical (unpaired) electrons. The lowest BCUT2D eigenvalue weighted by molar-refractivity contribution is -0.131. The zero-order chi connectivity index (χ0) is 20.9. The van der Waals surface area contributed by atoms with Gasteiger partial charge in [-0.15, -0.1) is 0 Å². The second-order valence-corrected chi connectivity index (χ2v) is 7.41. The zero-order valence-electron chi connectivity index (χ0n) is 17.1. The molecule has 0 bridgehead atoms. The average molecular weight is 408 g/mol. The highest BCUT2D eigenvalue weighted by Gasteiger charge is 2.22. The summed E-state index contributed by atoms with van der Waals surface area (Å²) in [6.45, 7) is 2.47. The minimum absolute atomic E-state index is 0.154. The third-order valence-electron chi connectivity index (χ3n) is 5.59.